The maximum absolute atomic E-state index is 6.33. The van der Waals surface area contributed by atoms with Crippen molar-refractivity contribution in [2.45, 2.75) is 50.6 Å². The molecule has 0 aliphatic heterocycles. The summed E-state index contributed by atoms with van der Waals surface area (Å²) < 4.78 is 1.13. The molecule has 0 aliphatic rings. The van der Waals surface area contributed by atoms with Crippen LogP contribution < -0.4 is 5.73 Å². The summed E-state index contributed by atoms with van der Waals surface area (Å²) in [5.41, 5.74) is 9.57. The molecular weight excluding hydrogens is 366 g/mol. The lowest BCUT2D eigenvalue weighted by Gasteiger charge is -2.21. The molecule has 0 saturated carbocycles. The van der Waals surface area contributed by atoms with Crippen LogP contribution in [-0.2, 0) is 0 Å². The van der Waals surface area contributed by atoms with E-state index in [-0.39, 0.29) is 11.3 Å². The molecule has 2 heterocycles. The Labute approximate surface area is 142 Å². The largest absolute Gasteiger partial charge is 0.326 e. The molecule has 2 atom stereocenters. The Morgan fingerprint density at radius 3 is 2.33 bits per heavy atom. The van der Waals surface area contributed by atoms with Crippen LogP contribution in [0.4, 0.5) is 0 Å². The second kappa shape index (κ2) is 7.22. The Kier molecular flexibility index (Phi) is 5.82. The third-order valence-corrected chi connectivity index (χ3v) is 6.69. The molecule has 2 rings (SSSR count). The van der Waals surface area contributed by atoms with Crippen LogP contribution >= 0.6 is 39.0 Å². The minimum absolute atomic E-state index is 0.0889. The fourth-order valence-corrected chi connectivity index (χ4v) is 4.90. The Morgan fingerprint density at radius 1 is 1.24 bits per heavy atom. The van der Waals surface area contributed by atoms with Gasteiger partial charge in [0, 0.05) is 22.3 Å². The average molecular weight is 386 g/mol. The van der Waals surface area contributed by atoms with E-state index < -0.39 is 0 Å². The van der Waals surface area contributed by atoms with Crippen LogP contribution in [0.15, 0.2) is 21.1 Å². The van der Waals surface area contributed by atoms with Gasteiger partial charge in [-0.1, -0.05) is 18.7 Å². The van der Waals surface area contributed by atoms with Crippen LogP contribution in [0.5, 0.6) is 0 Å². The summed E-state index contributed by atoms with van der Waals surface area (Å²) in [6.07, 6.45) is 0.928. The molecule has 0 aliphatic carbocycles. The van der Waals surface area contributed by atoms with Gasteiger partial charge in [-0.25, -0.2) is 9.97 Å². The van der Waals surface area contributed by atoms with Gasteiger partial charge >= 0.3 is 0 Å². The maximum atomic E-state index is 6.33. The second-order valence-corrected chi connectivity index (χ2v) is 8.66. The summed E-state index contributed by atoms with van der Waals surface area (Å²) >= 11 is 6.92. The Bertz CT molecular complexity index is 604. The SMILES string of the molecule is CCC(N)C(Sc1nc(C)c(C)c(C)n1)c1ccc(Br)s1. The van der Waals surface area contributed by atoms with E-state index in [1.54, 1.807) is 23.1 Å². The monoisotopic (exact) mass is 385 g/mol. The lowest BCUT2D eigenvalue weighted by Crippen LogP contribution is -2.25. The summed E-state index contributed by atoms with van der Waals surface area (Å²) in [6.45, 7) is 8.24. The van der Waals surface area contributed by atoms with Crippen LogP contribution in [0.25, 0.3) is 0 Å². The van der Waals surface area contributed by atoms with E-state index >= 15 is 0 Å². The number of halogens is 1. The molecule has 0 aromatic carbocycles. The molecule has 6 heteroatoms. The third kappa shape index (κ3) is 4.06. The van der Waals surface area contributed by atoms with Crippen molar-refractivity contribution in [2.24, 2.45) is 5.73 Å². The van der Waals surface area contributed by atoms with Crippen LogP contribution in [-0.4, -0.2) is 16.0 Å². The molecule has 2 unspecified atom stereocenters. The van der Waals surface area contributed by atoms with Gasteiger partial charge in [0.05, 0.1) is 9.04 Å². The van der Waals surface area contributed by atoms with Crippen molar-refractivity contribution in [3.8, 4) is 0 Å². The van der Waals surface area contributed by atoms with Crippen molar-refractivity contribution in [1.29, 1.82) is 0 Å². The second-order valence-electron chi connectivity index (χ2n) is 5.05. The Hall–Kier alpha value is -0.430. The van der Waals surface area contributed by atoms with Crippen LogP contribution in [0, 0.1) is 20.8 Å². The van der Waals surface area contributed by atoms with Crippen molar-refractivity contribution >= 4 is 39.0 Å². The van der Waals surface area contributed by atoms with Gasteiger partial charge in [-0.15, -0.1) is 11.3 Å². The van der Waals surface area contributed by atoms with E-state index in [4.69, 9.17) is 5.73 Å². The zero-order valence-electron chi connectivity index (χ0n) is 12.7. The summed E-state index contributed by atoms with van der Waals surface area (Å²) in [5, 5.41) is 1.00. The highest BCUT2D eigenvalue weighted by atomic mass is 79.9. The summed E-state index contributed by atoms with van der Waals surface area (Å²) in [7, 11) is 0. The molecule has 3 nitrogen and oxygen atoms in total. The molecule has 0 fully saturated rings. The van der Waals surface area contributed by atoms with Gasteiger partial charge in [0.1, 0.15) is 0 Å². The first-order valence-electron chi connectivity index (χ1n) is 6.91. The summed E-state index contributed by atoms with van der Waals surface area (Å²) in [4.78, 5) is 10.5. The van der Waals surface area contributed by atoms with E-state index in [0.29, 0.717) is 0 Å². The van der Waals surface area contributed by atoms with E-state index in [2.05, 4.69) is 51.9 Å². The van der Waals surface area contributed by atoms with Crippen molar-refractivity contribution < 1.29 is 0 Å². The first-order valence-corrected chi connectivity index (χ1v) is 9.40. The standard InChI is InChI=1S/C15H20BrN3S2/c1-5-11(17)14(12-6-7-13(16)20-12)21-15-18-9(3)8(2)10(4)19-15/h6-7,11,14H,5,17H2,1-4H3. The fourth-order valence-electron chi connectivity index (χ4n) is 1.96. The van der Waals surface area contributed by atoms with Gasteiger partial charge in [-0.3, -0.25) is 0 Å². The van der Waals surface area contributed by atoms with Crippen LogP contribution in [0.1, 0.15) is 40.4 Å². The van der Waals surface area contributed by atoms with Gasteiger partial charge < -0.3 is 5.73 Å². The van der Waals surface area contributed by atoms with Crippen molar-refractivity contribution in [3.05, 3.63) is 37.7 Å². The number of nitrogens with two attached hydrogens (primary N) is 1. The van der Waals surface area contributed by atoms with Crippen molar-refractivity contribution in [2.75, 3.05) is 0 Å². The highest BCUT2D eigenvalue weighted by Gasteiger charge is 2.23. The summed E-state index contributed by atoms with van der Waals surface area (Å²) in [5.74, 6) is 0. The highest BCUT2D eigenvalue weighted by molar-refractivity contribution is 9.11. The number of nitrogens with zero attached hydrogens (tertiary/aromatic N) is 2. The van der Waals surface area contributed by atoms with Gasteiger partial charge in [-0.2, -0.15) is 0 Å². The Balaban J connectivity index is 2.31. The zero-order valence-corrected chi connectivity index (χ0v) is 15.9. The van der Waals surface area contributed by atoms with E-state index in [0.717, 1.165) is 32.3 Å². The average Bonchev–Trinajstić information content (AvgIpc) is 2.87. The topological polar surface area (TPSA) is 51.8 Å². The smallest absolute Gasteiger partial charge is 0.188 e. The molecule has 2 aromatic rings. The highest BCUT2D eigenvalue weighted by Crippen LogP contribution is 2.41. The van der Waals surface area contributed by atoms with Crippen LogP contribution in [0.3, 0.4) is 0 Å². The molecule has 0 radical (unpaired) electrons. The predicted molar refractivity (Wildman–Crippen MR) is 95.1 cm³/mol. The van der Waals surface area contributed by atoms with Gasteiger partial charge in [0.15, 0.2) is 5.16 Å². The fraction of sp³-hybridized carbons (Fsp3) is 0.467. The molecule has 0 bridgehead atoms. The van der Waals surface area contributed by atoms with E-state index in [1.165, 1.54) is 4.88 Å². The number of hydrogen-bond donors (Lipinski definition) is 1. The Morgan fingerprint density at radius 2 is 1.86 bits per heavy atom. The lowest BCUT2D eigenvalue weighted by molar-refractivity contribution is 0.637. The normalized spacial score (nSPS) is 14.2. The van der Waals surface area contributed by atoms with Gasteiger partial charge in [0.2, 0.25) is 0 Å². The molecule has 2 N–H and O–H groups in total. The van der Waals surface area contributed by atoms with Crippen molar-refractivity contribution in [1.82, 2.24) is 9.97 Å². The first kappa shape index (κ1) is 16.9. The van der Waals surface area contributed by atoms with Crippen molar-refractivity contribution in [3.63, 3.8) is 0 Å². The number of thioether (sulfide) groups is 1. The molecule has 2 aromatic heterocycles. The number of aryl methyl sites for hydroxylation is 2. The quantitative estimate of drug-likeness (QED) is 0.593. The zero-order chi connectivity index (χ0) is 15.6. The van der Waals surface area contributed by atoms with Crippen LogP contribution in [0.2, 0.25) is 0 Å². The van der Waals surface area contributed by atoms with E-state index in [9.17, 15) is 0 Å². The van der Waals surface area contributed by atoms with E-state index in [1.807, 2.05) is 13.8 Å². The molecule has 0 saturated heterocycles. The predicted octanol–water partition coefficient (Wildman–Crippen LogP) is 4.80. The first-order chi connectivity index (χ1) is 9.92. The molecule has 0 amide bonds. The number of hydrogen-bond acceptors (Lipinski definition) is 5. The maximum Gasteiger partial charge on any atom is 0.188 e. The summed E-state index contributed by atoms with van der Waals surface area (Å²) in [6, 6.07) is 4.30. The molecule has 114 valence electrons. The number of aromatic nitrogens is 2. The lowest BCUT2D eigenvalue weighted by atomic mass is 10.1. The molecule has 21 heavy (non-hydrogen) atoms. The molecular formula is C15H20BrN3S2. The van der Waals surface area contributed by atoms with Gasteiger partial charge in [-0.05, 0) is 60.8 Å². The third-order valence-electron chi connectivity index (χ3n) is 3.58. The minimum atomic E-state index is 0.0889. The molecule has 0 spiro atoms. The number of thiophene rings is 1. The minimum Gasteiger partial charge on any atom is -0.326 e. The van der Waals surface area contributed by atoms with Gasteiger partial charge in [0.25, 0.3) is 0 Å². The number of rotatable bonds is 5.